The lowest BCUT2D eigenvalue weighted by molar-refractivity contribution is -0.118. The third-order valence-electron chi connectivity index (χ3n) is 6.73. The van der Waals surface area contributed by atoms with Crippen molar-refractivity contribution in [2.24, 2.45) is 5.10 Å². The predicted molar refractivity (Wildman–Crippen MR) is 158 cm³/mol. The minimum atomic E-state index is -0.259. The van der Waals surface area contributed by atoms with Gasteiger partial charge in [0.1, 0.15) is 4.83 Å². The van der Waals surface area contributed by atoms with E-state index in [0.717, 1.165) is 71.5 Å². The first-order valence-corrected chi connectivity index (χ1v) is 14.8. The zero-order valence-electron chi connectivity index (χ0n) is 21.6. The predicted octanol–water partition coefficient (Wildman–Crippen LogP) is 5.41. The number of thioether (sulfide) groups is 1. The van der Waals surface area contributed by atoms with E-state index in [2.05, 4.69) is 41.4 Å². The van der Waals surface area contributed by atoms with E-state index in [4.69, 9.17) is 4.98 Å². The standard InChI is InChI=1S/C29H31N5O2S2/c1-3-33(4-2)21-16-14-20(15-17-21)18-30-32-25(35)19-37-29-31-27-26(23-12-8-9-13-24(23)38-27)28(36)34(29)22-10-6-5-7-11-22/h5-7,10-11,14-18H,3-4,8-9,12-13,19H2,1-2H3,(H,32,35)/b30-18-. The molecule has 0 saturated carbocycles. The Bertz CT molecular complexity index is 1510. The van der Waals surface area contributed by atoms with Crippen LogP contribution in [-0.2, 0) is 17.6 Å². The number of para-hydroxylation sites is 1. The number of nitrogens with zero attached hydrogens (tertiary/aromatic N) is 4. The molecule has 196 valence electrons. The summed E-state index contributed by atoms with van der Waals surface area (Å²) in [7, 11) is 0. The number of hydrazone groups is 1. The zero-order valence-corrected chi connectivity index (χ0v) is 23.3. The number of benzene rings is 2. The number of rotatable bonds is 9. The monoisotopic (exact) mass is 545 g/mol. The topological polar surface area (TPSA) is 79.6 Å². The molecule has 1 N–H and O–H groups in total. The highest BCUT2D eigenvalue weighted by atomic mass is 32.2. The Kier molecular flexibility index (Phi) is 8.24. The van der Waals surface area contributed by atoms with Crippen LogP contribution in [0.15, 0.2) is 69.6 Å². The summed E-state index contributed by atoms with van der Waals surface area (Å²) in [5.41, 5.74) is 6.51. The molecule has 5 rings (SSSR count). The quantitative estimate of drug-likeness (QED) is 0.132. The van der Waals surface area contributed by atoms with Crippen molar-refractivity contribution in [3.05, 3.63) is 81.0 Å². The molecule has 1 aliphatic rings. The molecule has 1 aliphatic carbocycles. The number of hydrogen-bond acceptors (Lipinski definition) is 7. The summed E-state index contributed by atoms with van der Waals surface area (Å²) in [6.07, 6.45) is 5.80. The molecule has 0 bridgehead atoms. The molecule has 2 heterocycles. The normalized spacial score (nSPS) is 13.1. The maximum absolute atomic E-state index is 13.8. The van der Waals surface area contributed by atoms with E-state index in [-0.39, 0.29) is 17.2 Å². The molecule has 2 aromatic heterocycles. The second-order valence-electron chi connectivity index (χ2n) is 9.11. The van der Waals surface area contributed by atoms with Crippen molar-refractivity contribution in [2.45, 2.75) is 44.7 Å². The van der Waals surface area contributed by atoms with Crippen molar-refractivity contribution in [3.63, 3.8) is 0 Å². The van der Waals surface area contributed by atoms with Gasteiger partial charge in [-0.15, -0.1) is 11.3 Å². The Hall–Kier alpha value is -3.43. The van der Waals surface area contributed by atoms with E-state index in [9.17, 15) is 9.59 Å². The maximum Gasteiger partial charge on any atom is 0.267 e. The first kappa shape index (κ1) is 26.2. The Labute approximate surface area is 230 Å². The highest BCUT2D eigenvalue weighted by Gasteiger charge is 2.23. The van der Waals surface area contributed by atoms with Gasteiger partial charge in [-0.1, -0.05) is 42.1 Å². The summed E-state index contributed by atoms with van der Waals surface area (Å²) < 4.78 is 1.64. The molecule has 0 saturated heterocycles. The van der Waals surface area contributed by atoms with Crippen LogP contribution in [0.2, 0.25) is 0 Å². The van der Waals surface area contributed by atoms with Gasteiger partial charge in [0.25, 0.3) is 11.5 Å². The van der Waals surface area contributed by atoms with Crippen LogP contribution in [0.3, 0.4) is 0 Å². The van der Waals surface area contributed by atoms with Crippen LogP contribution in [0, 0.1) is 0 Å². The van der Waals surface area contributed by atoms with Gasteiger partial charge in [0.15, 0.2) is 5.16 Å². The number of fused-ring (bicyclic) bond motifs is 3. The Balaban J connectivity index is 1.32. The zero-order chi connectivity index (χ0) is 26.5. The molecule has 9 heteroatoms. The molecular weight excluding hydrogens is 514 g/mol. The van der Waals surface area contributed by atoms with Crippen LogP contribution in [0.4, 0.5) is 5.69 Å². The molecule has 2 aromatic carbocycles. The highest BCUT2D eigenvalue weighted by Crippen LogP contribution is 2.35. The molecule has 38 heavy (non-hydrogen) atoms. The van der Waals surface area contributed by atoms with Crippen molar-refractivity contribution in [3.8, 4) is 5.69 Å². The van der Waals surface area contributed by atoms with Crippen LogP contribution in [0.5, 0.6) is 0 Å². The molecule has 0 unspecified atom stereocenters. The number of hydrogen-bond donors (Lipinski definition) is 1. The van der Waals surface area contributed by atoms with Crippen LogP contribution >= 0.6 is 23.1 Å². The van der Waals surface area contributed by atoms with Gasteiger partial charge in [-0.25, -0.2) is 10.4 Å². The van der Waals surface area contributed by atoms with Gasteiger partial charge < -0.3 is 4.90 Å². The number of thiophene rings is 1. The first-order chi connectivity index (χ1) is 18.6. The molecule has 0 aliphatic heterocycles. The lowest BCUT2D eigenvalue weighted by atomic mass is 9.97. The molecule has 0 spiro atoms. The number of anilines is 1. The maximum atomic E-state index is 13.8. The van der Waals surface area contributed by atoms with Gasteiger partial charge in [0.05, 0.1) is 23.0 Å². The van der Waals surface area contributed by atoms with Gasteiger partial charge in [0.2, 0.25) is 0 Å². The SMILES string of the molecule is CCN(CC)c1ccc(/C=N\NC(=O)CSc2nc3sc4c(c3c(=O)n2-c2ccccc2)CCCC4)cc1. The summed E-state index contributed by atoms with van der Waals surface area (Å²) >= 11 is 2.87. The fraction of sp³-hybridized carbons (Fsp3) is 0.310. The molecule has 0 fully saturated rings. The van der Waals surface area contributed by atoms with Gasteiger partial charge >= 0.3 is 0 Å². The average molecular weight is 546 g/mol. The van der Waals surface area contributed by atoms with Crippen molar-refractivity contribution in [1.29, 1.82) is 0 Å². The van der Waals surface area contributed by atoms with Crippen molar-refractivity contribution in [2.75, 3.05) is 23.7 Å². The van der Waals surface area contributed by atoms with Crippen molar-refractivity contribution >= 4 is 51.1 Å². The molecule has 1 amide bonds. The van der Waals surface area contributed by atoms with E-state index >= 15 is 0 Å². The van der Waals surface area contributed by atoms with Gasteiger partial charge in [-0.2, -0.15) is 5.10 Å². The fourth-order valence-electron chi connectivity index (χ4n) is 4.79. The summed E-state index contributed by atoms with van der Waals surface area (Å²) in [6.45, 7) is 6.17. The molecule has 0 radical (unpaired) electrons. The number of aromatic nitrogens is 2. The molecule has 0 atom stereocenters. The van der Waals surface area contributed by atoms with E-state index in [1.54, 1.807) is 22.1 Å². The lowest BCUT2D eigenvalue weighted by Crippen LogP contribution is -2.24. The van der Waals surface area contributed by atoms with Crippen LogP contribution < -0.4 is 15.9 Å². The van der Waals surface area contributed by atoms with E-state index in [1.807, 2.05) is 42.5 Å². The average Bonchev–Trinajstić information content (AvgIpc) is 3.32. The number of aryl methyl sites for hydroxylation is 2. The number of carbonyl (C=O) groups excluding carboxylic acids is 1. The minimum Gasteiger partial charge on any atom is -0.372 e. The third-order valence-corrected chi connectivity index (χ3v) is 8.85. The van der Waals surface area contributed by atoms with Gasteiger partial charge in [-0.05, 0) is 74.9 Å². The summed E-state index contributed by atoms with van der Waals surface area (Å²) in [4.78, 5) is 35.6. The third kappa shape index (κ3) is 5.54. The Morgan fingerprint density at radius 3 is 2.58 bits per heavy atom. The Morgan fingerprint density at radius 2 is 1.84 bits per heavy atom. The molecular formula is C29H31N5O2S2. The second-order valence-corrected chi connectivity index (χ2v) is 11.1. The Morgan fingerprint density at radius 1 is 1.11 bits per heavy atom. The van der Waals surface area contributed by atoms with Crippen molar-refractivity contribution in [1.82, 2.24) is 15.0 Å². The first-order valence-electron chi connectivity index (χ1n) is 13.0. The van der Waals surface area contributed by atoms with Crippen molar-refractivity contribution < 1.29 is 4.79 Å². The summed E-state index contributed by atoms with van der Waals surface area (Å²) in [5, 5.41) is 5.37. The van der Waals surface area contributed by atoms with E-state index in [0.29, 0.717) is 5.16 Å². The van der Waals surface area contributed by atoms with Gasteiger partial charge in [0, 0.05) is 23.7 Å². The minimum absolute atomic E-state index is 0.0605. The molecule has 7 nitrogen and oxygen atoms in total. The number of amides is 1. The van der Waals surface area contributed by atoms with Crippen LogP contribution in [-0.4, -0.2) is 40.5 Å². The smallest absolute Gasteiger partial charge is 0.267 e. The van der Waals surface area contributed by atoms with Crippen LogP contribution in [0.25, 0.3) is 15.9 Å². The van der Waals surface area contributed by atoms with E-state index in [1.165, 1.54) is 16.6 Å². The summed E-state index contributed by atoms with van der Waals surface area (Å²) in [6, 6.07) is 17.6. The largest absolute Gasteiger partial charge is 0.372 e. The summed E-state index contributed by atoms with van der Waals surface area (Å²) in [5.74, 6) is -0.167. The number of nitrogens with one attached hydrogen (secondary N) is 1. The van der Waals surface area contributed by atoms with Crippen LogP contribution in [0.1, 0.15) is 42.7 Å². The van der Waals surface area contributed by atoms with E-state index < -0.39 is 0 Å². The number of carbonyl (C=O) groups is 1. The fourth-order valence-corrected chi connectivity index (χ4v) is 6.90. The molecule has 4 aromatic rings. The lowest BCUT2D eigenvalue weighted by Gasteiger charge is -2.20. The second kappa shape index (κ2) is 12.0. The van der Waals surface area contributed by atoms with Gasteiger partial charge in [-0.3, -0.25) is 14.2 Å². The highest BCUT2D eigenvalue weighted by molar-refractivity contribution is 7.99.